The molecule has 1 aliphatic rings. The molecule has 19 heteroatoms. The molecule has 1 aliphatic heterocycles. The van der Waals surface area contributed by atoms with Crippen molar-refractivity contribution in [3.05, 3.63) is 86.4 Å². The van der Waals surface area contributed by atoms with Gasteiger partial charge in [0, 0.05) is 36.0 Å². The molecule has 10 aromatic heterocycles. The SMILES string of the molecule is CCCCCCCCC(CCCCCC)Cc1sc(-c2nc3c(C=O)sc(-c4cc5c(s4)-c4sc(-c6sc(OC)c7nc(-c8cc(Cl)c(CC(CCCCCC)CCCCCCCC)s8)c(-c8cc(Cl)c(CC(CCCCCC)CCCCCCCC)s8)nc67)cc4OC5(CCC(C)CCCC(C)C)CCC(C)CCCC(C)C)c3nc2-c2cc(Cl)c(CC(CCCCCC)CCCCCCCC)s2)cc1Cl. The number of fused-ring (bicyclic) bond motifs is 5. The summed E-state index contributed by atoms with van der Waals surface area (Å²) < 4.78 is 14.9. The second-order valence-corrected chi connectivity index (χ2v) is 54.5. The minimum Gasteiger partial charge on any atom is -0.486 e. The number of aldehydes is 1. The molecule has 790 valence electrons. The first-order valence-electron chi connectivity index (χ1n) is 57.9. The number of hydrogen-bond acceptors (Lipinski definition) is 15. The van der Waals surface area contributed by atoms with E-state index in [0.29, 0.717) is 57.7 Å². The molecule has 0 saturated carbocycles. The molecule has 6 atom stereocenters. The Bertz CT molecular complexity index is 5240. The summed E-state index contributed by atoms with van der Waals surface area (Å²) >= 11 is 45.0. The summed E-state index contributed by atoms with van der Waals surface area (Å²) in [5, 5.41) is 4.03. The fourth-order valence-corrected chi connectivity index (χ4v) is 32.8. The van der Waals surface area contributed by atoms with Gasteiger partial charge in [0.25, 0.3) is 0 Å². The van der Waals surface area contributed by atoms with Crippen molar-refractivity contribution in [2.24, 2.45) is 47.3 Å². The number of rotatable bonds is 78. The fraction of sp³-hybridized carbons (Fsp3) is 0.699. The summed E-state index contributed by atoms with van der Waals surface area (Å²) in [6.07, 6.45) is 77.0. The molecule has 11 heterocycles. The van der Waals surface area contributed by atoms with Crippen molar-refractivity contribution < 1.29 is 14.3 Å². The van der Waals surface area contributed by atoms with Crippen LogP contribution in [0.3, 0.4) is 0 Å². The molecule has 0 aliphatic carbocycles. The lowest BCUT2D eigenvalue weighted by Crippen LogP contribution is -2.36. The Morgan fingerprint density at radius 1 is 0.303 bits per heavy atom. The Morgan fingerprint density at radius 3 is 0.915 bits per heavy atom. The van der Waals surface area contributed by atoms with E-state index >= 15 is 0 Å². The molecule has 6 unspecified atom stereocenters. The average molecular weight is 2170 g/mol. The van der Waals surface area contributed by atoms with E-state index in [1.54, 1.807) is 41.1 Å². The van der Waals surface area contributed by atoms with Crippen LogP contribution in [0.25, 0.3) is 93.6 Å². The Balaban J connectivity index is 1.09. The number of aromatic nitrogens is 4. The molecule has 0 amide bonds. The van der Waals surface area contributed by atoms with Crippen molar-refractivity contribution in [2.45, 2.75) is 501 Å². The zero-order chi connectivity index (χ0) is 101. The van der Waals surface area contributed by atoms with Crippen LogP contribution in [0.2, 0.25) is 20.1 Å². The third-order valence-electron chi connectivity index (χ3n) is 30.9. The number of ether oxygens (including phenoxy) is 2. The molecule has 0 radical (unpaired) electrons. The van der Waals surface area contributed by atoms with Gasteiger partial charge in [-0.3, -0.25) is 4.79 Å². The lowest BCUT2D eigenvalue weighted by atomic mass is 9.78. The summed E-state index contributed by atoms with van der Waals surface area (Å²) in [5.41, 5.74) is 6.82. The Kier molecular flexibility index (Phi) is 54.1. The van der Waals surface area contributed by atoms with Gasteiger partial charge in [0.2, 0.25) is 5.06 Å². The summed E-state index contributed by atoms with van der Waals surface area (Å²) in [4.78, 5) is 54.4. The topological polar surface area (TPSA) is 87.1 Å². The molecule has 0 spiro atoms. The van der Waals surface area contributed by atoms with Gasteiger partial charge in [-0.25, -0.2) is 19.9 Å². The minimum absolute atomic E-state index is 0.491. The van der Waals surface area contributed by atoms with E-state index in [1.807, 2.05) is 56.7 Å². The molecule has 10 aromatic rings. The second-order valence-electron chi connectivity index (χ2n) is 44.2. The van der Waals surface area contributed by atoms with E-state index in [0.717, 1.165) is 172 Å². The van der Waals surface area contributed by atoms with Crippen LogP contribution in [0.15, 0.2) is 36.4 Å². The van der Waals surface area contributed by atoms with Crippen LogP contribution in [0.5, 0.6) is 10.8 Å². The highest BCUT2D eigenvalue weighted by Gasteiger charge is 2.45. The van der Waals surface area contributed by atoms with Gasteiger partial charge >= 0.3 is 0 Å². The molecule has 0 fully saturated rings. The number of thiophene rings is 8. The second kappa shape index (κ2) is 64.5. The van der Waals surface area contributed by atoms with Crippen molar-refractivity contribution in [1.82, 2.24) is 19.9 Å². The molecule has 0 N–H and O–H groups in total. The van der Waals surface area contributed by atoms with Gasteiger partial charge < -0.3 is 9.47 Å². The van der Waals surface area contributed by atoms with Crippen molar-refractivity contribution in [3.63, 3.8) is 0 Å². The largest absolute Gasteiger partial charge is 0.486 e. The number of hydrogen-bond donors (Lipinski definition) is 0. The van der Waals surface area contributed by atoms with Crippen LogP contribution in [0.1, 0.15) is 504 Å². The third kappa shape index (κ3) is 36.2. The van der Waals surface area contributed by atoms with Gasteiger partial charge in [0.15, 0.2) is 6.29 Å². The lowest BCUT2D eigenvalue weighted by molar-refractivity contribution is 0.0324. The van der Waals surface area contributed by atoms with Gasteiger partial charge in [-0.15, -0.1) is 79.4 Å². The standard InChI is InChI=1S/C123H184Cl4N4O3S8/c1-16-24-32-40-44-52-66-89(62-48-36-28-20-5)74-99-94(124)79-103(135-99)110-111(104-80-95(125)100(136-104)75-90(63-49-37-29-21-6)67-53-45-41-33-25-17-2)129-115-114(128-110)109(84-132)141-120(115)107-78-93-118(139-107)119-98(134-123(93,72-70-87(13)60-56-58-85(9)10)73-71-88(14)61-57-59-86(11)12)83-108(140-119)121-116-117(122(133-15)142-121)131-113(106-82-97(127)102(138-106)77-92(65-51-39-31-23-8)69-55-47-43-35-27-19-4)112(130-116)105-81-96(126)101(137-105)76-91(64-50-38-30-22-7)68-54-46-42-34-26-18-3/h78-92H,16-77H2,1-15H3. The van der Waals surface area contributed by atoms with Crippen LogP contribution in [0.4, 0.5) is 0 Å². The summed E-state index contributed by atoms with van der Waals surface area (Å²) in [7, 11) is 1.81. The van der Waals surface area contributed by atoms with Crippen molar-refractivity contribution in [3.8, 4) is 82.4 Å². The van der Waals surface area contributed by atoms with Gasteiger partial charge in [0.1, 0.15) is 56.2 Å². The van der Waals surface area contributed by atoms with Gasteiger partial charge in [-0.1, -0.05) is 501 Å². The quantitative estimate of drug-likeness (QED) is 0.0277. The van der Waals surface area contributed by atoms with Crippen molar-refractivity contribution >= 4 is 165 Å². The Labute approximate surface area is 915 Å². The predicted molar refractivity (Wildman–Crippen MR) is 638 cm³/mol. The van der Waals surface area contributed by atoms with Crippen LogP contribution >= 0.6 is 137 Å². The molecule has 7 nitrogen and oxygen atoms in total. The molecule has 11 rings (SSSR count). The van der Waals surface area contributed by atoms with Crippen LogP contribution in [-0.2, 0) is 31.3 Å². The first-order chi connectivity index (χ1) is 69.1. The van der Waals surface area contributed by atoms with E-state index < -0.39 is 5.60 Å². The summed E-state index contributed by atoms with van der Waals surface area (Å²) in [5.74, 6) is 5.43. The minimum atomic E-state index is -0.675. The molecular formula is C123H184Cl4N4O3S8. The summed E-state index contributed by atoms with van der Waals surface area (Å²) in [6.45, 7) is 33.0. The van der Waals surface area contributed by atoms with Crippen LogP contribution in [0, 0.1) is 47.3 Å². The number of carbonyl (C=O) groups is 1. The molecule has 0 saturated heterocycles. The fourth-order valence-electron chi connectivity index (χ4n) is 22.0. The highest BCUT2D eigenvalue weighted by atomic mass is 35.5. The highest BCUT2D eigenvalue weighted by Crippen LogP contribution is 2.62. The predicted octanol–water partition coefficient (Wildman–Crippen LogP) is 46.8. The lowest BCUT2D eigenvalue weighted by Gasteiger charge is -2.39. The number of unbranched alkanes of at least 4 members (excludes halogenated alkanes) is 32. The number of methoxy groups -OCH3 is 1. The van der Waals surface area contributed by atoms with Crippen molar-refractivity contribution in [2.75, 3.05) is 7.11 Å². The third-order valence-corrected chi connectivity index (χ3v) is 42.3. The molecule has 0 aromatic carbocycles. The van der Waals surface area contributed by atoms with E-state index in [4.69, 9.17) is 75.8 Å². The Morgan fingerprint density at radius 2 is 0.592 bits per heavy atom. The highest BCUT2D eigenvalue weighted by molar-refractivity contribution is 7.30. The molecule has 0 bridgehead atoms. The van der Waals surface area contributed by atoms with Gasteiger partial charge in [0.05, 0.1) is 76.0 Å². The first kappa shape index (κ1) is 119. The molecule has 142 heavy (non-hydrogen) atoms. The average Bonchev–Trinajstić information content (AvgIpc) is 1.54. The van der Waals surface area contributed by atoms with Crippen molar-refractivity contribution in [1.29, 1.82) is 0 Å². The number of carbonyl (C=O) groups excluding carboxylic acids is 1. The van der Waals surface area contributed by atoms with E-state index in [-0.39, 0.29) is 0 Å². The van der Waals surface area contributed by atoms with E-state index in [2.05, 4.69) is 133 Å². The zero-order valence-electron chi connectivity index (χ0n) is 90.8. The summed E-state index contributed by atoms with van der Waals surface area (Å²) in [6, 6.07) is 13.7. The van der Waals surface area contributed by atoms with E-state index in [1.165, 1.54) is 377 Å². The van der Waals surface area contributed by atoms with Crippen LogP contribution in [-0.4, -0.2) is 33.3 Å². The smallest absolute Gasteiger partial charge is 0.202 e. The normalized spacial score (nSPS) is 14.7. The van der Waals surface area contributed by atoms with E-state index in [9.17, 15) is 4.79 Å². The van der Waals surface area contributed by atoms with Gasteiger partial charge in [-0.05, 0) is 129 Å². The monoisotopic (exact) mass is 2160 g/mol. The number of halogens is 4. The molecular weight excluding hydrogens is 1980 g/mol. The van der Waals surface area contributed by atoms with Crippen LogP contribution < -0.4 is 9.47 Å². The maximum atomic E-state index is 14.4. The first-order valence-corrected chi connectivity index (χ1v) is 66.0. The maximum Gasteiger partial charge on any atom is 0.202 e. The number of nitrogens with zero attached hydrogens (tertiary/aromatic N) is 4. The van der Waals surface area contributed by atoms with Gasteiger partial charge in [-0.2, -0.15) is 0 Å². The zero-order valence-corrected chi connectivity index (χ0v) is 100. The Hall–Kier alpha value is -3.29. The maximum absolute atomic E-state index is 14.4.